The number of aromatic carboxylic acids is 1. The van der Waals surface area contributed by atoms with Gasteiger partial charge in [0.05, 0.1) is 11.5 Å². The molecule has 0 aliphatic carbocycles. The molecule has 0 saturated heterocycles. The smallest absolute Gasteiger partial charge is 0.347 e. The van der Waals surface area contributed by atoms with E-state index in [9.17, 15) is 4.79 Å². The summed E-state index contributed by atoms with van der Waals surface area (Å²) in [6.07, 6.45) is 1.31. The molecule has 0 radical (unpaired) electrons. The first-order valence-electron chi connectivity index (χ1n) is 2.98. The monoisotopic (exact) mass is 245 g/mol. The summed E-state index contributed by atoms with van der Waals surface area (Å²) in [6.45, 7) is 0. The Balaban J connectivity index is 2.84. The van der Waals surface area contributed by atoms with Crippen LogP contribution in [0.2, 0.25) is 0 Å². The second-order valence-electron chi connectivity index (χ2n) is 1.77. The summed E-state index contributed by atoms with van der Waals surface area (Å²) in [5, 5.41) is 9.64. The van der Waals surface area contributed by atoms with Gasteiger partial charge in [0, 0.05) is 0 Å². The number of carboxylic acid groups (broad SMARTS) is 1. The third-order valence-electron chi connectivity index (χ3n) is 0.979. The summed E-state index contributed by atoms with van der Waals surface area (Å²) >= 11 is 4.21. The van der Waals surface area contributed by atoms with Crippen molar-refractivity contribution in [2.75, 3.05) is 5.33 Å². The first kappa shape index (κ1) is 9.23. The van der Waals surface area contributed by atoms with E-state index in [0.717, 1.165) is 11.3 Å². The van der Waals surface area contributed by atoms with Crippen molar-refractivity contribution in [3.63, 3.8) is 0 Å². The minimum atomic E-state index is -0.959. The summed E-state index contributed by atoms with van der Waals surface area (Å²) < 4.78 is 0. The molecule has 1 aromatic heterocycles. The highest BCUT2D eigenvalue weighted by Gasteiger charge is 2.05. The lowest BCUT2D eigenvalue weighted by molar-refractivity contribution is 0.0702. The Morgan fingerprint density at radius 2 is 2.58 bits per heavy atom. The average molecular weight is 246 g/mol. The van der Waals surface area contributed by atoms with Gasteiger partial charge in [-0.25, -0.2) is 9.78 Å². The Morgan fingerprint density at radius 1 is 1.83 bits per heavy atom. The van der Waals surface area contributed by atoms with E-state index in [1.807, 2.05) is 0 Å². The molecule has 1 aromatic rings. The van der Waals surface area contributed by atoms with E-state index < -0.39 is 5.97 Å². The molecule has 0 aromatic carbocycles. The van der Waals surface area contributed by atoms with Gasteiger partial charge in [0.15, 0.2) is 5.01 Å². The van der Waals surface area contributed by atoms with Gasteiger partial charge < -0.3 is 5.11 Å². The summed E-state index contributed by atoms with van der Waals surface area (Å²) in [6, 6.07) is 0. The zero-order valence-corrected chi connectivity index (χ0v) is 8.28. The fraction of sp³-hybridized carbons (Fsp3) is 0.143. The summed E-state index contributed by atoms with van der Waals surface area (Å²) in [7, 11) is 0. The van der Waals surface area contributed by atoms with Crippen LogP contribution in [-0.4, -0.2) is 21.4 Å². The Hall–Kier alpha value is -0.860. The second kappa shape index (κ2) is 4.24. The third kappa shape index (κ3) is 2.32. The predicted molar refractivity (Wildman–Crippen MR) is 49.7 cm³/mol. The number of thiazole rings is 1. The maximum atomic E-state index is 10.4. The molecule has 0 amide bonds. The molecule has 3 nitrogen and oxygen atoms in total. The zero-order chi connectivity index (χ0) is 8.97. The first-order chi connectivity index (χ1) is 5.74. The molecular formula is C7H4BrNO2S. The molecule has 0 bridgehead atoms. The van der Waals surface area contributed by atoms with E-state index in [2.05, 4.69) is 32.8 Å². The molecule has 1 heterocycles. The van der Waals surface area contributed by atoms with Crippen LogP contribution in [0.3, 0.4) is 0 Å². The molecule has 0 aliphatic heterocycles. The van der Waals surface area contributed by atoms with Gasteiger partial charge in [-0.1, -0.05) is 33.2 Å². The number of rotatable bonds is 1. The molecule has 0 spiro atoms. The number of aromatic nitrogens is 1. The van der Waals surface area contributed by atoms with Gasteiger partial charge >= 0.3 is 5.97 Å². The second-order valence-corrected chi connectivity index (χ2v) is 3.36. The highest BCUT2D eigenvalue weighted by molar-refractivity contribution is 9.09. The van der Waals surface area contributed by atoms with E-state index in [1.54, 1.807) is 0 Å². The fourth-order valence-electron chi connectivity index (χ4n) is 0.540. The van der Waals surface area contributed by atoms with E-state index in [4.69, 9.17) is 5.11 Å². The maximum Gasteiger partial charge on any atom is 0.347 e. The lowest BCUT2D eigenvalue weighted by Crippen LogP contribution is -1.89. The topological polar surface area (TPSA) is 50.2 Å². The summed E-state index contributed by atoms with van der Waals surface area (Å²) in [5.74, 6) is 4.50. The van der Waals surface area contributed by atoms with Gasteiger partial charge in [-0.15, -0.1) is 0 Å². The van der Waals surface area contributed by atoms with Crippen molar-refractivity contribution in [3.05, 3.63) is 16.1 Å². The largest absolute Gasteiger partial charge is 0.477 e. The van der Waals surface area contributed by atoms with E-state index in [1.165, 1.54) is 6.20 Å². The first-order valence-corrected chi connectivity index (χ1v) is 4.92. The van der Waals surface area contributed by atoms with Crippen LogP contribution < -0.4 is 0 Å². The maximum absolute atomic E-state index is 10.4. The number of nitrogens with zero attached hydrogens (tertiary/aromatic N) is 1. The standard InChI is InChI=1S/C7H4BrNO2S/c8-3-1-2-6-9-4-5(12-6)7(10)11/h4H,3H2,(H,10,11). The minimum absolute atomic E-state index is 0.217. The van der Waals surface area contributed by atoms with E-state index >= 15 is 0 Å². The van der Waals surface area contributed by atoms with Crippen molar-refractivity contribution >= 4 is 33.2 Å². The van der Waals surface area contributed by atoms with Crippen molar-refractivity contribution in [2.24, 2.45) is 0 Å². The van der Waals surface area contributed by atoms with Crippen LogP contribution in [-0.2, 0) is 0 Å². The Morgan fingerprint density at radius 3 is 3.08 bits per heavy atom. The van der Waals surface area contributed by atoms with Crippen molar-refractivity contribution in [1.82, 2.24) is 4.98 Å². The number of hydrogen-bond donors (Lipinski definition) is 1. The third-order valence-corrected chi connectivity index (χ3v) is 2.16. The summed E-state index contributed by atoms with van der Waals surface area (Å²) in [5.41, 5.74) is 0. The Kier molecular flexibility index (Phi) is 3.26. The van der Waals surface area contributed by atoms with Gasteiger partial charge in [-0.2, -0.15) is 0 Å². The van der Waals surface area contributed by atoms with Gasteiger partial charge in [0.1, 0.15) is 4.88 Å². The molecular weight excluding hydrogens is 242 g/mol. The molecule has 5 heteroatoms. The average Bonchev–Trinajstić information content (AvgIpc) is 2.48. The quantitative estimate of drug-likeness (QED) is 0.604. The highest BCUT2D eigenvalue weighted by atomic mass is 79.9. The van der Waals surface area contributed by atoms with Crippen molar-refractivity contribution in [1.29, 1.82) is 0 Å². The van der Waals surface area contributed by atoms with Gasteiger partial charge in [0.2, 0.25) is 0 Å². The molecule has 0 unspecified atom stereocenters. The molecule has 0 aliphatic rings. The van der Waals surface area contributed by atoms with Crippen LogP contribution in [0.15, 0.2) is 6.20 Å². The number of carbonyl (C=O) groups is 1. The number of alkyl halides is 1. The van der Waals surface area contributed by atoms with Crippen LogP contribution in [0.1, 0.15) is 14.7 Å². The number of halogens is 1. The predicted octanol–water partition coefficient (Wildman–Crippen LogP) is 1.59. The molecule has 1 N–H and O–H groups in total. The normalized spacial score (nSPS) is 8.75. The van der Waals surface area contributed by atoms with Crippen LogP contribution in [0, 0.1) is 11.8 Å². The van der Waals surface area contributed by atoms with E-state index in [-0.39, 0.29) is 4.88 Å². The SMILES string of the molecule is O=C(O)c1cnc(C#CCBr)s1. The van der Waals surface area contributed by atoms with Gasteiger partial charge in [-0.05, 0) is 5.92 Å². The summed E-state index contributed by atoms with van der Waals surface area (Å²) in [4.78, 5) is 14.4. The molecule has 0 fully saturated rings. The molecule has 12 heavy (non-hydrogen) atoms. The lowest BCUT2D eigenvalue weighted by Gasteiger charge is -1.78. The zero-order valence-electron chi connectivity index (χ0n) is 5.87. The number of hydrogen-bond acceptors (Lipinski definition) is 3. The Labute approximate surface area is 81.6 Å². The van der Waals surface area contributed by atoms with Crippen molar-refractivity contribution in [3.8, 4) is 11.8 Å². The molecule has 0 atom stereocenters. The fourth-order valence-corrected chi connectivity index (χ4v) is 1.31. The van der Waals surface area contributed by atoms with Gasteiger partial charge in [0.25, 0.3) is 0 Å². The Bertz CT molecular complexity index is 350. The van der Waals surface area contributed by atoms with Crippen LogP contribution in [0.4, 0.5) is 0 Å². The van der Waals surface area contributed by atoms with Crippen LogP contribution in [0.5, 0.6) is 0 Å². The van der Waals surface area contributed by atoms with Crippen LogP contribution >= 0.6 is 27.3 Å². The molecule has 62 valence electrons. The molecule has 0 saturated carbocycles. The lowest BCUT2D eigenvalue weighted by atomic mass is 10.6. The number of carboxylic acids is 1. The minimum Gasteiger partial charge on any atom is -0.477 e. The van der Waals surface area contributed by atoms with Crippen molar-refractivity contribution < 1.29 is 9.90 Å². The van der Waals surface area contributed by atoms with Gasteiger partial charge in [-0.3, -0.25) is 0 Å². The molecule has 1 rings (SSSR count). The highest BCUT2D eigenvalue weighted by Crippen LogP contribution is 2.10. The van der Waals surface area contributed by atoms with Crippen molar-refractivity contribution in [2.45, 2.75) is 0 Å². The van der Waals surface area contributed by atoms with Crippen LogP contribution in [0.25, 0.3) is 0 Å². The van der Waals surface area contributed by atoms with E-state index in [0.29, 0.717) is 10.3 Å².